The Morgan fingerprint density at radius 3 is 2.56 bits per heavy atom. The summed E-state index contributed by atoms with van der Waals surface area (Å²) in [6, 6.07) is 6.95. The van der Waals surface area contributed by atoms with Gasteiger partial charge in [-0.3, -0.25) is 0 Å². The molecule has 0 aromatic heterocycles. The Balaban J connectivity index is 1.69. The Morgan fingerprint density at radius 2 is 1.89 bits per heavy atom. The maximum absolute atomic E-state index is 13.0. The maximum Gasteiger partial charge on any atom is 0.123 e. The molecule has 3 heteroatoms. The smallest absolute Gasteiger partial charge is 0.123 e. The molecule has 1 aromatic rings. The van der Waals surface area contributed by atoms with Crippen LogP contribution in [0.5, 0.6) is 0 Å². The molecule has 3 rings (SSSR count). The van der Waals surface area contributed by atoms with E-state index in [2.05, 4.69) is 16.7 Å². The van der Waals surface area contributed by atoms with Crippen LogP contribution in [0, 0.1) is 11.2 Å². The number of hydrogen-bond acceptors (Lipinski definition) is 2. The number of benzene rings is 1. The minimum absolute atomic E-state index is 0.147. The van der Waals surface area contributed by atoms with Crippen molar-refractivity contribution in [3.63, 3.8) is 0 Å². The fraction of sp³-hybridized carbons (Fsp3) is 0.600. The van der Waals surface area contributed by atoms with Crippen LogP contribution < -0.4 is 4.90 Å². The molecule has 1 spiro atoms. The minimum atomic E-state index is -0.147. The third-order valence-electron chi connectivity index (χ3n) is 4.42. The van der Waals surface area contributed by atoms with Crippen LogP contribution >= 0.6 is 0 Å². The van der Waals surface area contributed by atoms with Gasteiger partial charge in [0.15, 0.2) is 0 Å². The molecule has 2 nitrogen and oxygen atoms in total. The summed E-state index contributed by atoms with van der Waals surface area (Å²) in [7, 11) is 0. The quantitative estimate of drug-likeness (QED) is 0.794. The molecule has 1 aromatic carbocycles. The molecule has 2 saturated heterocycles. The van der Waals surface area contributed by atoms with Crippen molar-refractivity contribution in [2.24, 2.45) is 5.41 Å². The second kappa shape index (κ2) is 4.54. The highest BCUT2D eigenvalue weighted by Crippen LogP contribution is 2.40. The van der Waals surface area contributed by atoms with Gasteiger partial charge in [-0.05, 0) is 43.7 Å². The van der Waals surface area contributed by atoms with Crippen LogP contribution in [0.25, 0.3) is 0 Å². The summed E-state index contributed by atoms with van der Waals surface area (Å²) in [6.07, 6.45) is 2.61. The van der Waals surface area contributed by atoms with E-state index < -0.39 is 0 Å². The van der Waals surface area contributed by atoms with E-state index in [9.17, 15) is 4.39 Å². The Labute approximate surface area is 108 Å². The molecule has 2 heterocycles. The van der Waals surface area contributed by atoms with Crippen LogP contribution in [-0.4, -0.2) is 37.6 Å². The van der Waals surface area contributed by atoms with E-state index in [1.807, 2.05) is 12.1 Å². The van der Waals surface area contributed by atoms with Gasteiger partial charge in [0, 0.05) is 37.3 Å². The Bertz CT molecular complexity index is 409. The van der Waals surface area contributed by atoms with Crippen molar-refractivity contribution in [2.75, 3.05) is 37.6 Å². The van der Waals surface area contributed by atoms with Gasteiger partial charge in [0.2, 0.25) is 0 Å². The lowest BCUT2D eigenvalue weighted by Crippen LogP contribution is -2.62. The second-order valence-electron chi connectivity index (χ2n) is 5.80. The molecule has 0 amide bonds. The summed E-state index contributed by atoms with van der Waals surface area (Å²) in [5, 5.41) is 0. The maximum atomic E-state index is 13.0. The van der Waals surface area contributed by atoms with Gasteiger partial charge in [-0.1, -0.05) is 6.92 Å². The predicted octanol–water partition coefficient (Wildman–Crippen LogP) is 2.75. The molecule has 0 atom stereocenters. The lowest BCUT2D eigenvalue weighted by atomic mass is 9.73. The number of rotatable bonds is 2. The number of likely N-dealkylation sites (tertiary alicyclic amines) is 1. The van der Waals surface area contributed by atoms with E-state index in [1.165, 1.54) is 31.6 Å². The van der Waals surface area contributed by atoms with Gasteiger partial charge >= 0.3 is 0 Å². The van der Waals surface area contributed by atoms with E-state index in [0.29, 0.717) is 5.41 Å². The highest BCUT2D eigenvalue weighted by molar-refractivity contribution is 5.47. The highest BCUT2D eigenvalue weighted by atomic mass is 19.1. The molecule has 0 bridgehead atoms. The van der Waals surface area contributed by atoms with Gasteiger partial charge in [0.25, 0.3) is 0 Å². The molecule has 0 N–H and O–H groups in total. The third kappa shape index (κ3) is 2.12. The first kappa shape index (κ1) is 12.0. The van der Waals surface area contributed by atoms with Crippen LogP contribution in [0.15, 0.2) is 24.3 Å². The van der Waals surface area contributed by atoms with Crippen LogP contribution in [0.2, 0.25) is 0 Å². The van der Waals surface area contributed by atoms with Crippen molar-refractivity contribution in [3.8, 4) is 0 Å². The van der Waals surface area contributed by atoms with Gasteiger partial charge in [0.1, 0.15) is 5.82 Å². The first-order valence-electron chi connectivity index (χ1n) is 6.94. The minimum Gasteiger partial charge on any atom is -0.371 e. The molecule has 2 fully saturated rings. The summed E-state index contributed by atoms with van der Waals surface area (Å²) in [6.45, 7) is 8.11. The van der Waals surface area contributed by atoms with Crippen LogP contribution in [0.4, 0.5) is 10.1 Å². The second-order valence-corrected chi connectivity index (χ2v) is 5.80. The van der Waals surface area contributed by atoms with E-state index in [1.54, 1.807) is 12.1 Å². The average Bonchev–Trinajstić information content (AvgIpc) is 2.37. The topological polar surface area (TPSA) is 6.48 Å². The van der Waals surface area contributed by atoms with Crippen molar-refractivity contribution >= 4 is 5.69 Å². The zero-order valence-corrected chi connectivity index (χ0v) is 11.0. The zero-order chi connectivity index (χ0) is 12.6. The molecule has 0 radical (unpaired) electrons. The average molecular weight is 248 g/mol. The first-order chi connectivity index (χ1) is 8.71. The van der Waals surface area contributed by atoms with Gasteiger partial charge in [-0.25, -0.2) is 4.39 Å². The zero-order valence-electron chi connectivity index (χ0n) is 11.0. The largest absolute Gasteiger partial charge is 0.371 e. The molecule has 2 aliphatic rings. The molecule has 0 unspecified atom stereocenters. The number of piperidine rings is 1. The molecule has 98 valence electrons. The van der Waals surface area contributed by atoms with E-state index in [0.717, 1.165) is 19.6 Å². The Hall–Kier alpha value is -1.09. The normalized spacial score (nSPS) is 23.1. The molecular formula is C15H21FN2. The first-order valence-corrected chi connectivity index (χ1v) is 6.94. The van der Waals surface area contributed by atoms with Crippen molar-refractivity contribution < 1.29 is 4.39 Å². The van der Waals surface area contributed by atoms with Crippen LogP contribution in [-0.2, 0) is 0 Å². The summed E-state index contributed by atoms with van der Waals surface area (Å²) in [5.74, 6) is -0.147. The lowest BCUT2D eigenvalue weighted by molar-refractivity contribution is -0.00590. The van der Waals surface area contributed by atoms with E-state index in [-0.39, 0.29) is 5.82 Å². The molecule has 0 saturated carbocycles. The highest BCUT2D eigenvalue weighted by Gasteiger charge is 2.44. The monoisotopic (exact) mass is 248 g/mol. The lowest BCUT2D eigenvalue weighted by Gasteiger charge is -2.55. The number of nitrogens with zero attached hydrogens (tertiary/aromatic N) is 2. The fourth-order valence-corrected chi connectivity index (χ4v) is 3.46. The summed E-state index contributed by atoms with van der Waals surface area (Å²) >= 11 is 0. The van der Waals surface area contributed by atoms with E-state index >= 15 is 0 Å². The summed E-state index contributed by atoms with van der Waals surface area (Å²) < 4.78 is 13.0. The van der Waals surface area contributed by atoms with Crippen molar-refractivity contribution in [1.82, 2.24) is 4.90 Å². The number of hydrogen-bond donors (Lipinski definition) is 0. The fourth-order valence-electron chi connectivity index (χ4n) is 3.46. The molecule has 18 heavy (non-hydrogen) atoms. The van der Waals surface area contributed by atoms with E-state index in [4.69, 9.17) is 0 Å². The van der Waals surface area contributed by atoms with Crippen LogP contribution in [0.1, 0.15) is 19.8 Å². The Morgan fingerprint density at radius 1 is 1.17 bits per heavy atom. The van der Waals surface area contributed by atoms with Crippen molar-refractivity contribution in [2.45, 2.75) is 19.8 Å². The summed E-state index contributed by atoms with van der Waals surface area (Å²) in [5.41, 5.74) is 1.67. The molecule has 2 aliphatic heterocycles. The van der Waals surface area contributed by atoms with Gasteiger partial charge in [-0.2, -0.15) is 0 Å². The predicted molar refractivity (Wildman–Crippen MR) is 72.4 cm³/mol. The molecular weight excluding hydrogens is 227 g/mol. The SMILES string of the molecule is CCN1CC2(CCCN(c3ccc(F)cc3)C2)C1. The number of anilines is 1. The third-order valence-corrected chi connectivity index (χ3v) is 4.42. The summed E-state index contributed by atoms with van der Waals surface area (Å²) in [4.78, 5) is 4.93. The van der Waals surface area contributed by atoms with Gasteiger partial charge in [0.05, 0.1) is 0 Å². The van der Waals surface area contributed by atoms with Crippen molar-refractivity contribution in [3.05, 3.63) is 30.1 Å². The number of halogens is 1. The van der Waals surface area contributed by atoms with Crippen molar-refractivity contribution in [1.29, 1.82) is 0 Å². The van der Waals surface area contributed by atoms with Gasteiger partial charge < -0.3 is 9.80 Å². The van der Waals surface area contributed by atoms with Gasteiger partial charge in [-0.15, -0.1) is 0 Å². The molecule has 0 aliphatic carbocycles. The standard InChI is InChI=1S/C15H21FN2/c1-2-17-10-15(11-17)8-3-9-18(12-15)14-6-4-13(16)5-7-14/h4-7H,2-3,8-12H2,1H3. The van der Waals surface area contributed by atoms with Crippen LogP contribution in [0.3, 0.4) is 0 Å². The Kier molecular flexibility index (Phi) is 3.02.